The number of rotatable bonds is 4. The van der Waals surface area contributed by atoms with E-state index in [0.717, 1.165) is 0 Å². The Morgan fingerprint density at radius 1 is 1.30 bits per heavy atom. The van der Waals surface area contributed by atoms with Crippen molar-refractivity contribution >= 4 is 35.0 Å². The number of para-hydroxylation sites is 1. The van der Waals surface area contributed by atoms with E-state index in [1.807, 2.05) is 0 Å². The number of anilines is 1. The second-order valence-electron chi connectivity index (χ2n) is 3.93. The van der Waals surface area contributed by atoms with Gasteiger partial charge in [-0.25, -0.2) is 4.39 Å². The minimum atomic E-state index is -0.534. The molecule has 0 saturated carbocycles. The Hall–Kier alpha value is -1.72. The lowest BCUT2D eigenvalue weighted by molar-refractivity contribution is -0.113. The lowest BCUT2D eigenvalue weighted by atomic mass is 10.3. The van der Waals surface area contributed by atoms with Gasteiger partial charge in [0.1, 0.15) is 11.6 Å². The first kappa shape index (κ1) is 14.7. The number of aromatic hydroxyl groups is 1. The highest BCUT2D eigenvalue weighted by Crippen LogP contribution is 2.27. The van der Waals surface area contributed by atoms with Crippen molar-refractivity contribution in [1.82, 2.24) is 0 Å². The van der Waals surface area contributed by atoms with Crippen molar-refractivity contribution in [2.24, 2.45) is 0 Å². The molecule has 0 aliphatic heterocycles. The fourth-order valence-electron chi connectivity index (χ4n) is 1.49. The van der Waals surface area contributed by atoms with E-state index in [4.69, 9.17) is 11.6 Å². The maximum atomic E-state index is 13.0. The van der Waals surface area contributed by atoms with Crippen LogP contribution >= 0.6 is 23.4 Å². The number of halogens is 2. The molecule has 0 saturated heterocycles. The van der Waals surface area contributed by atoms with Crippen LogP contribution < -0.4 is 5.32 Å². The third-order valence-corrected chi connectivity index (χ3v) is 3.78. The Balaban J connectivity index is 1.93. The van der Waals surface area contributed by atoms with Gasteiger partial charge >= 0.3 is 0 Å². The zero-order valence-electron chi connectivity index (χ0n) is 10.3. The van der Waals surface area contributed by atoms with Crippen LogP contribution in [-0.4, -0.2) is 16.8 Å². The van der Waals surface area contributed by atoms with Crippen LogP contribution in [-0.2, 0) is 4.79 Å². The fourth-order valence-corrected chi connectivity index (χ4v) is 2.42. The van der Waals surface area contributed by atoms with Crippen molar-refractivity contribution in [3.05, 3.63) is 53.3 Å². The number of thioether (sulfide) groups is 1. The van der Waals surface area contributed by atoms with Crippen LogP contribution in [0.3, 0.4) is 0 Å². The second kappa shape index (κ2) is 6.63. The van der Waals surface area contributed by atoms with Gasteiger partial charge < -0.3 is 10.4 Å². The minimum absolute atomic E-state index is 0.0452. The number of phenols is 1. The summed E-state index contributed by atoms with van der Waals surface area (Å²) in [5.41, 5.74) is 0.430. The van der Waals surface area contributed by atoms with Gasteiger partial charge in [0.15, 0.2) is 0 Å². The van der Waals surface area contributed by atoms with Gasteiger partial charge in [0, 0.05) is 10.6 Å². The van der Waals surface area contributed by atoms with Crippen molar-refractivity contribution in [2.75, 3.05) is 11.1 Å². The summed E-state index contributed by atoms with van der Waals surface area (Å²) in [6.45, 7) is 0. The summed E-state index contributed by atoms with van der Waals surface area (Å²) in [6, 6.07) is 10.7. The molecule has 2 aromatic rings. The third kappa shape index (κ3) is 3.88. The molecule has 0 fully saturated rings. The van der Waals surface area contributed by atoms with E-state index < -0.39 is 5.82 Å². The maximum absolute atomic E-state index is 13.0. The molecule has 3 nitrogen and oxygen atoms in total. The molecule has 0 atom stereocenters. The lowest BCUT2D eigenvalue weighted by Crippen LogP contribution is -2.14. The van der Waals surface area contributed by atoms with Gasteiger partial charge in [-0.2, -0.15) is 0 Å². The molecule has 2 aromatic carbocycles. The molecule has 1 amide bonds. The molecule has 0 unspecified atom stereocenters. The van der Waals surface area contributed by atoms with Crippen molar-refractivity contribution in [2.45, 2.75) is 4.90 Å². The lowest BCUT2D eigenvalue weighted by Gasteiger charge is -2.06. The molecular weight excluding hydrogens is 301 g/mol. The van der Waals surface area contributed by atoms with E-state index in [2.05, 4.69) is 5.32 Å². The second-order valence-corrected chi connectivity index (χ2v) is 5.36. The van der Waals surface area contributed by atoms with Gasteiger partial charge in [0.25, 0.3) is 0 Å². The molecule has 2 N–H and O–H groups in total. The highest BCUT2D eigenvalue weighted by molar-refractivity contribution is 8.00. The Kier molecular flexibility index (Phi) is 4.87. The molecule has 6 heteroatoms. The number of nitrogens with one attached hydrogen (secondary N) is 1. The molecule has 0 aliphatic rings. The maximum Gasteiger partial charge on any atom is 0.234 e. The van der Waals surface area contributed by atoms with Gasteiger partial charge in [-0.05, 0) is 30.3 Å². The molecule has 0 spiro atoms. The average Bonchev–Trinajstić information content (AvgIpc) is 2.42. The Morgan fingerprint density at radius 3 is 2.75 bits per heavy atom. The predicted molar refractivity (Wildman–Crippen MR) is 78.9 cm³/mol. The number of hydrogen-bond donors (Lipinski definition) is 2. The first-order valence-corrected chi connectivity index (χ1v) is 7.08. The SMILES string of the molecule is O=C(CSc1ccccc1O)Nc1ccc(F)c(Cl)c1. The molecule has 20 heavy (non-hydrogen) atoms. The molecule has 0 bridgehead atoms. The Bertz CT molecular complexity index is 636. The van der Waals surface area contributed by atoms with Gasteiger partial charge in [-0.1, -0.05) is 23.7 Å². The molecule has 0 heterocycles. The summed E-state index contributed by atoms with van der Waals surface area (Å²) in [5, 5.41) is 12.1. The van der Waals surface area contributed by atoms with Crippen molar-refractivity contribution in [3.8, 4) is 5.75 Å². The van der Waals surface area contributed by atoms with Crippen LogP contribution in [0.25, 0.3) is 0 Å². The summed E-state index contributed by atoms with van der Waals surface area (Å²) < 4.78 is 13.0. The van der Waals surface area contributed by atoms with Crippen LogP contribution in [0.1, 0.15) is 0 Å². The Morgan fingerprint density at radius 2 is 2.05 bits per heavy atom. The molecular formula is C14H11ClFNO2S. The van der Waals surface area contributed by atoms with Gasteiger partial charge in [0.2, 0.25) is 5.91 Å². The van der Waals surface area contributed by atoms with Crippen molar-refractivity contribution in [3.63, 3.8) is 0 Å². The molecule has 0 aromatic heterocycles. The van der Waals surface area contributed by atoms with Crippen LogP contribution in [0.15, 0.2) is 47.4 Å². The van der Waals surface area contributed by atoms with Gasteiger partial charge in [-0.15, -0.1) is 11.8 Å². The minimum Gasteiger partial charge on any atom is -0.507 e. The Labute approximate surface area is 124 Å². The quantitative estimate of drug-likeness (QED) is 0.842. The zero-order valence-corrected chi connectivity index (χ0v) is 11.8. The fraction of sp³-hybridized carbons (Fsp3) is 0.0714. The van der Waals surface area contributed by atoms with E-state index in [1.165, 1.54) is 30.0 Å². The highest BCUT2D eigenvalue weighted by atomic mass is 35.5. The highest BCUT2D eigenvalue weighted by Gasteiger charge is 2.07. The van der Waals surface area contributed by atoms with Crippen molar-refractivity contribution < 1.29 is 14.3 Å². The van der Waals surface area contributed by atoms with Crippen LogP contribution in [0.5, 0.6) is 5.75 Å². The van der Waals surface area contributed by atoms with E-state index in [9.17, 15) is 14.3 Å². The van der Waals surface area contributed by atoms with Crippen molar-refractivity contribution in [1.29, 1.82) is 0 Å². The number of carbonyl (C=O) groups excluding carboxylic acids is 1. The average molecular weight is 312 g/mol. The number of benzene rings is 2. The summed E-state index contributed by atoms with van der Waals surface area (Å²) in [6.07, 6.45) is 0. The summed E-state index contributed by atoms with van der Waals surface area (Å²) in [4.78, 5) is 12.4. The number of hydrogen-bond acceptors (Lipinski definition) is 3. The predicted octanol–water partition coefficient (Wildman–Crippen LogP) is 3.92. The smallest absolute Gasteiger partial charge is 0.234 e. The normalized spacial score (nSPS) is 10.3. The standard InChI is InChI=1S/C14H11ClFNO2S/c15-10-7-9(5-6-11(10)16)17-14(19)8-20-13-4-2-1-3-12(13)18/h1-7,18H,8H2,(H,17,19). The largest absolute Gasteiger partial charge is 0.507 e. The summed E-state index contributed by atoms with van der Waals surface area (Å²) in [7, 11) is 0. The monoisotopic (exact) mass is 311 g/mol. The topological polar surface area (TPSA) is 49.3 Å². The first-order chi connectivity index (χ1) is 9.56. The molecule has 104 valence electrons. The number of carbonyl (C=O) groups is 1. The summed E-state index contributed by atoms with van der Waals surface area (Å²) in [5.74, 6) is -0.531. The molecule has 0 aliphatic carbocycles. The van der Waals surface area contributed by atoms with Crippen LogP contribution in [0, 0.1) is 5.82 Å². The van der Waals surface area contributed by atoms with E-state index in [0.29, 0.717) is 10.6 Å². The van der Waals surface area contributed by atoms with E-state index in [-0.39, 0.29) is 22.4 Å². The zero-order chi connectivity index (χ0) is 14.5. The van der Waals surface area contributed by atoms with Gasteiger partial charge in [-0.3, -0.25) is 4.79 Å². The number of amides is 1. The first-order valence-electron chi connectivity index (χ1n) is 5.72. The molecule has 2 rings (SSSR count). The number of phenolic OH excluding ortho intramolecular Hbond substituents is 1. The van der Waals surface area contributed by atoms with E-state index in [1.54, 1.807) is 24.3 Å². The van der Waals surface area contributed by atoms with Crippen LogP contribution in [0.2, 0.25) is 5.02 Å². The molecule has 0 radical (unpaired) electrons. The van der Waals surface area contributed by atoms with E-state index >= 15 is 0 Å². The summed E-state index contributed by atoms with van der Waals surface area (Å²) >= 11 is 6.84. The third-order valence-electron chi connectivity index (χ3n) is 2.43. The van der Waals surface area contributed by atoms with Gasteiger partial charge in [0.05, 0.1) is 10.8 Å². The van der Waals surface area contributed by atoms with Crippen LogP contribution in [0.4, 0.5) is 10.1 Å².